The van der Waals surface area contributed by atoms with Crippen LogP contribution in [0.4, 0.5) is 0 Å². The normalized spacial score (nSPS) is 14.1. The number of hydrogen-bond acceptors (Lipinski definition) is 5. The molecule has 1 aliphatic rings. The number of piperidine rings is 1. The SMILES string of the molecule is COc1ccc(C(=O)NCC2CCN(C(=O)COc3ccc(Cl)cc3)CC2)cc1OC. The quantitative estimate of drug-likeness (QED) is 0.672. The zero-order valence-electron chi connectivity index (χ0n) is 17.7. The smallest absolute Gasteiger partial charge is 0.260 e. The van der Waals surface area contributed by atoms with Gasteiger partial charge in [0.25, 0.3) is 11.8 Å². The monoisotopic (exact) mass is 446 g/mol. The first kappa shape index (κ1) is 22.7. The van der Waals surface area contributed by atoms with Crippen molar-refractivity contribution in [1.29, 1.82) is 0 Å². The number of rotatable bonds is 8. The van der Waals surface area contributed by atoms with Crippen LogP contribution in [0.5, 0.6) is 17.2 Å². The second kappa shape index (κ2) is 10.9. The van der Waals surface area contributed by atoms with E-state index in [0.717, 1.165) is 12.8 Å². The van der Waals surface area contributed by atoms with Crippen LogP contribution >= 0.6 is 11.6 Å². The van der Waals surface area contributed by atoms with E-state index in [4.69, 9.17) is 25.8 Å². The molecule has 0 radical (unpaired) electrons. The van der Waals surface area contributed by atoms with Crippen LogP contribution < -0.4 is 19.5 Å². The van der Waals surface area contributed by atoms with E-state index in [1.807, 2.05) is 4.90 Å². The van der Waals surface area contributed by atoms with E-state index in [1.165, 1.54) is 7.11 Å². The maximum absolute atomic E-state index is 12.5. The molecule has 1 saturated heterocycles. The molecule has 3 rings (SSSR count). The fourth-order valence-corrected chi connectivity index (χ4v) is 3.60. The zero-order chi connectivity index (χ0) is 22.2. The predicted octanol–water partition coefficient (Wildman–Crippen LogP) is 3.40. The molecule has 2 amide bonds. The number of hydrogen-bond donors (Lipinski definition) is 1. The highest BCUT2D eigenvalue weighted by atomic mass is 35.5. The van der Waals surface area contributed by atoms with E-state index >= 15 is 0 Å². The van der Waals surface area contributed by atoms with Gasteiger partial charge in [0.15, 0.2) is 18.1 Å². The van der Waals surface area contributed by atoms with Crippen molar-refractivity contribution in [3.8, 4) is 17.2 Å². The molecule has 0 aliphatic carbocycles. The van der Waals surface area contributed by atoms with Crippen LogP contribution in [-0.2, 0) is 4.79 Å². The molecule has 0 spiro atoms. The van der Waals surface area contributed by atoms with Crippen molar-refractivity contribution < 1.29 is 23.8 Å². The minimum atomic E-state index is -0.157. The Balaban J connectivity index is 1.41. The summed E-state index contributed by atoms with van der Waals surface area (Å²) < 4.78 is 16.0. The highest BCUT2D eigenvalue weighted by molar-refractivity contribution is 6.30. The molecule has 166 valence electrons. The van der Waals surface area contributed by atoms with Gasteiger partial charge in [0, 0.05) is 30.2 Å². The Morgan fingerprint density at radius 3 is 2.35 bits per heavy atom. The Morgan fingerprint density at radius 2 is 1.71 bits per heavy atom. The van der Waals surface area contributed by atoms with Gasteiger partial charge in [-0.3, -0.25) is 9.59 Å². The lowest BCUT2D eigenvalue weighted by atomic mass is 9.96. The number of amides is 2. The molecule has 0 unspecified atom stereocenters. The van der Waals surface area contributed by atoms with E-state index in [0.29, 0.717) is 53.4 Å². The number of nitrogens with zero attached hydrogens (tertiary/aromatic N) is 1. The standard InChI is InChI=1S/C23H27ClN2O5/c1-29-20-8-3-17(13-21(20)30-2)23(28)25-14-16-9-11-26(12-10-16)22(27)15-31-19-6-4-18(24)5-7-19/h3-8,13,16H,9-12,14-15H2,1-2H3,(H,25,28). The van der Waals surface area contributed by atoms with Crippen molar-refractivity contribution in [2.45, 2.75) is 12.8 Å². The average Bonchev–Trinajstić information content (AvgIpc) is 2.81. The Morgan fingerprint density at radius 1 is 1.03 bits per heavy atom. The first-order valence-corrected chi connectivity index (χ1v) is 10.5. The van der Waals surface area contributed by atoms with Crippen molar-refractivity contribution in [3.63, 3.8) is 0 Å². The number of halogens is 1. The molecule has 0 atom stereocenters. The molecule has 2 aromatic carbocycles. The summed E-state index contributed by atoms with van der Waals surface area (Å²) in [6, 6.07) is 12.0. The summed E-state index contributed by atoms with van der Waals surface area (Å²) >= 11 is 5.85. The summed E-state index contributed by atoms with van der Waals surface area (Å²) in [5.41, 5.74) is 0.518. The third-order valence-corrected chi connectivity index (χ3v) is 5.59. The van der Waals surface area contributed by atoms with E-state index in [-0.39, 0.29) is 18.4 Å². The second-order valence-corrected chi connectivity index (χ2v) is 7.78. The number of carbonyl (C=O) groups excluding carboxylic acids is 2. The Hall–Kier alpha value is -2.93. The first-order valence-electron chi connectivity index (χ1n) is 10.2. The summed E-state index contributed by atoms with van der Waals surface area (Å²) in [7, 11) is 3.09. The van der Waals surface area contributed by atoms with E-state index < -0.39 is 0 Å². The average molecular weight is 447 g/mol. The van der Waals surface area contributed by atoms with E-state index in [9.17, 15) is 9.59 Å². The van der Waals surface area contributed by atoms with E-state index in [1.54, 1.807) is 49.6 Å². The van der Waals surface area contributed by atoms with Gasteiger partial charge < -0.3 is 24.4 Å². The molecule has 1 N–H and O–H groups in total. The molecule has 2 aromatic rings. The summed E-state index contributed by atoms with van der Waals surface area (Å²) in [4.78, 5) is 26.7. The lowest BCUT2D eigenvalue weighted by Gasteiger charge is -2.32. The van der Waals surface area contributed by atoms with Crippen LogP contribution in [0, 0.1) is 5.92 Å². The number of likely N-dealkylation sites (tertiary alicyclic amines) is 1. The van der Waals surface area contributed by atoms with Gasteiger partial charge in [-0.25, -0.2) is 0 Å². The Labute approximate surface area is 187 Å². The van der Waals surface area contributed by atoms with Crippen molar-refractivity contribution in [1.82, 2.24) is 10.2 Å². The van der Waals surface area contributed by atoms with Gasteiger partial charge in [-0.2, -0.15) is 0 Å². The summed E-state index contributed by atoms with van der Waals surface area (Å²) in [5, 5.41) is 3.60. The largest absolute Gasteiger partial charge is 0.493 e. The highest BCUT2D eigenvalue weighted by Crippen LogP contribution is 2.27. The van der Waals surface area contributed by atoms with Gasteiger partial charge in [-0.15, -0.1) is 0 Å². The topological polar surface area (TPSA) is 77.1 Å². The molecule has 0 saturated carbocycles. The van der Waals surface area contributed by atoms with Gasteiger partial charge in [-0.1, -0.05) is 11.6 Å². The fraction of sp³-hybridized carbons (Fsp3) is 0.391. The minimum absolute atomic E-state index is 0.00232. The predicted molar refractivity (Wildman–Crippen MR) is 118 cm³/mol. The van der Waals surface area contributed by atoms with Crippen LogP contribution in [0.25, 0.3) is 0 Å². The Bertz CT molecular complexity index is 895. The molecule has 8 heteroatoms. The molecule has 0 bridgehead atoms. The Kier molecular flexibility index (Phi) is 8.00. The van der Waals surface area contributed by atoms with Crippen molar-refractivity contribution in [3.05, 3.63) is 53.1 Å². The first-order chi connectivity index (χ1) is 15.0. The van der Waals surface area contributed by atoms with Gasteiger partial charge >= 0.3 is 0 Å². The second-order valence-electron chi connectivity index (χ2n) is 7.35. The van der Waals surface area contributed by atoms with Gasteiger partial charge in [0.05, 0.1) is 14.2 Å². The summed E-state index contributed by atoms with van der Waals surface area (Å²) in [5.74, 6) is 1.84. The third kappa shape index (κ3) is 6.28. The van der Waals surface area contributed by atoms with E-state index in [2.05, 4.69) is 5.32 Å². The van der Waals surface area contributed by atoms with Gasteiger partial charge in [0.2, 0.25) is 0 Å². The molecular formula is C23H27ClN2O5. The highest BCUT2D eigenvalue weighted by Gasteiger charge is 2.23. The number of nitrogens with one attached hydrogen (secondary N) is 1. The molecule has 1 fully saturated rings. The number of benzene rings is 2. The fourth-order valence-electron chi connectivity index (χ4n) is 3.47. The molecule has 1 aliphatic heterocycles. The number of ether oxygens (including phenoxy) is 3. The van der Waals surface area contributed by atoms with Crippen LogP contribution in [0.1, 0.15) is 23.2 Å². The molecular weight excluding hydrogens is 420 g/mol. The van der Waals surface area contributed by atoms with Crippen LogP contribution in [0.3, 0.4) is 0 Å². The van der Waals surface area contributed by atoms with Crippen molar-refractivity contribution in [2.24, 2.45) is 5.92 Å². The third-order valence-electron chi connectivity index (χ3n) is 5.34. The maximum atomic E-state index is 12.5. The van der Waals surface area contributed by atoms with Crippen molar-refractivity contribution >= 4 is 23.4 Å². The number of methoxy groups -OCH3 is 2. The number of carbonyl (C=O) groups is 2. The lowest BCUT2D eigenvalue weighted by Crippen LogP contribution is -2.43. The van der Waals surface area contributed by atoms with Gasteiger partial charge in [0.1, 0.15) is 5.75 Å². The summed E-state index contributed by atoms with van der Waals surface area (Å²) in [6.07, 6.45) is 1.66. The molecule has 1 heterocycles. The minimum Gasteiger partial charge on any atom is -0.493 e. The van der Waals surface area contributed by atoms with Crippen LogP contribution in [0.2, 0.25) is 5.02 Å². The van der Waals surface area contributed by atoms with Crippen LogP contribution in [0.15, 0.2) is 42.5 Å². The zero-order valence-corrected chi connectivity index (χ0v) is 18.5. The summed E-state index contributed by atoms with van der Waals surface area (Å²) in [6.45, 7) is 1.87. The van der Waals surface area contributed by atoms with Crippen molar-refractivity contribution in [2.75, 3.05) is 40.5 Å². The lowest BCUT2D eigenvalue weighted by molar-refractivity contribution is -0.134. The maximum Gasteiger partial charge on any atom is 0.260 e. The van der Waals surface area contributed by atoms with Crippen LogP contribution in [-0.4, -0.2) is 57.2 Å². The molecule has 7 nitrogen and oxygen atoms in total. The van der Waals surface area contributed by atoms with Gasteiger partial charge in [-0.05, 0) is 61.2 Å². The molecule has 31 heavy (non-hydrogen) atoms. The molecule has 0 aromatic heterocycles.